The molecule has 0 unspecified atom stereocenters. The Morgan fingerprint density at radius 2 is 1.83 bits per heavy atom. The Labute approximate surface area is 117 Å². The lowest BCUT2D eigenvalue weighted by Gasteiger charge is -2.10. The quantitative estimate of drug-likeness (QED) is 0.765. The number of hydrogen-bond acceptors (Lipinski definition) is 3. The first-order valence-electron chi connectivity index (χ1n) is 5.19. The summed E-state index contributed by atoms with van der Waals surface area (Å²) in [4.78, 5) is 23.2. The van der Waals surface area contributed by atoms with Crippen molar-refractivity contribution in [2.75, 3.05) is 0 Å². The van der Waals surface area contributed by atoms with Gasteiger partial charge in [0.15, 0.2) is 0 Å². The van der Waals surface area contributed by atoms with E-state index in [0.29, 0.717) is 5.75 Å². The summed E-state index contributed by atoms with van der Waals surface area (Å²) in [5.74, 6) is 0.815. The zero-order valence-corrected chi connectivity index (χ0v) is 12.0. The topological polar surface area (TPSA) is 53.2 Å². The fourth-order valence-corrected chi connectivity index (χ4v) is 1.98. The van der Waals surface area contributed by atoms with Gasteiger partial charge in [0.25, 0.3) is 5.56 Å². The van der Waals surface area contributed by atoms with Crippen molar-refractivity contribution in [1.82, 2.24) is 9.13 Å². The minimum Gasteiger partial charge on any atom is -0.440 e. The predicted molar refractivity (Wildman–Crippen MR) is 76.2 cm³/mol. The largest absolute Gasteiger partial charge is 0.440 e. The highest BCUT2D eigenvalue weighted by Gasteiger charge is 2.07. The highest BCUT2D eigenvalue weighted by Crippen LogP contribution is 2.20. The molecule has 0 atom stereocenters. The Morgan fingerprint density at radius 1 is 1.11 bits per heavy atom. The molecule has 2 rings (SSSR count). The van der Waals surface area contributed by atoms with Gasteiger partial charge in [-0.05, 0) is 40.8 Å². The lowest BCUT2D eigenvalue weighted by Crippen LogP contribution is -2.36. The number of ether oxygens (including phenoxy) is 1. The summed E-state index contributed by atoms with van der Waals surface area (Å²) in [7, 11) is 2.99. The summed E-state index contributed by atoms with van der Waals surface area (Å²) < 4.78 is 8.89. The third kappa shape index (κ3) is 2.47. The van der Waals surface area contributed by atoms with E-state index in [9.17, 15) is 9.59 Å². The Bertz CT molecular complexity index is 703. The van der Waals surface area contributed by atoms with Gasteiger partial charge in [0.2, 0.25) is 5.88 Å². The van der Waals surface area contributed by atoms with E-state index in [1.165, 1.54) is 17.7 Å². The van der Waals surface area contributed by atoms with Crippen molar-refractivity contribution in [3.05, 3.63) is 54.7 Å². The van der Waals surface area contributed by atoms with Crippen LogP contribution in [0.25, 0.3) is 0 Å². The van der Waals surface area contributed by atoms with Gasteiger partial charge in [-0.25, -0.2) is 4.79 Å². The summed E-state index contributed by atoms with van der Waals surface area (Å²) >= 11 is 2.16. The zero-order chi connectivity index (χ0) is 13.3. The first kappa shape index (κ1) is 12.9. The molecule has 94 valence electrons. The summed E-state index contributed by atoms with van der Waals surface area (Å²) in [5.41, 5.74) is -0.804. The molecule has 0 aliphatic heterocycles. The van der Waals surface area contributed by atoms with E-state index in [0.717, 1.165) is 8.14 Å². The first-order chi connectivity index (χ1) is 8.49. The molecule has 0 spiro atoms. The number of nitrogens with zero attached hydrogens (tertiary/aromatic N) is 2. The smallest absolute Gasteiger partial charge is 0.333 e. The maximum absolute atomic E-state index is 11.7. The van der Waals surface area contributed by atoms with Gasteiger partial charge in [-0.2, -0.15) is 0 Å². The molecule has 2 aromatic rings. The van der Waals surface area contributed by atoms with Crippen LogP contribution in [0.1, 0.15) is 0 Å². The molecule has 6 heteroatoms. The molecule has 0 fully saturated rings. The summed E-state index contributed by atoms with van der Waals surface area (Å²) in [6, 6.07) is 8.65. The van der Waals surface area contributed by atoms with Crippen molar-refractivity contribution in [3.63, 3.8) is 0 Å². The van der Waals surface area contributed by atoms with Crippen LogP contribution in [0.15, 0.2) is 39.9 Å². The standard InChI is InChI=1S/C12H11IN2O3/c1-14-10(16)7-11(15(2)12(14)17)18-9-5-3-4-8(13)6-9/h3-7H,1-2H3. The molecule has 18 heavy (non-hydrogen) atoms. The van der Waals surface area contributed by atoms with Gasteiger partial charge in [-0.3, -0.25) is 13.9 Å². The third-order valence-corrected chi connectivity index (χ3v) is 3.17. The molecule has 1 aromatic heterocycles. The van der Waals surface area contributed by atoms with Crippen LogP contribution in [-0.4, -0.2) is 9.13 Å². The van der Waals surface area contributed by atoms with E-state index >= 15 is 0 Å². The van der Waals surface area contributed by atoms with Gasteiger partial charge in [0.1, 0.15) is 5.75 Å². The monoisotopic (exact) mass is 358 g/mol. The molecule has 0 saturated carbocycles. The molecular weight excluding hydrogens is 347 g/mol. The fourth-order valence-electron chi connectivity index (χ4n) is 1.46. The van der Waals surface area contributed by atoms with Crippen molar-refractivity contribution in [2.45, 2.75) is 0 Å². The number of hydrogen-bond donors (Lipinski definition) is 0. The Hall–Kier alpha value is -1.57. The van der Waals surface area contributed by atoms with E-state index in [-0.39, 0.29) is 5.88 Å². The van der Waals surface area contributed by atoms with Crippen LogP contribution in [0.3, 0.4) is 0 Å². The number of benzene rings is 1. The second-order valence-corrected chi connectivity index (χ2v) is 5.03. The van der Waals surface area contributed by atoms with Crippen LogP contribution in [0.4, 0.5) is 0 Å². The number of aromatic nitrogens is 2. The maximum atomic E-state index is 11.7. The minimum atomic E-state index is -0.414. The Balaban J connectivity index is 2.48. The van der Waals surface area contributed by atoms with Crippen molar-refractivity contribution < 1.29 is 4.74 Å². The number of halogens is 1. The van der Waals surface area contributed by atoms with Gasteiger partial charge in [0.05, 0.1) is 6.07 Å². The van der Waals surface area contributed by atoms with Crippen molar-refractivity contribution in [1.29, 1.82) is 0 Å². The highest BCUT2D eigenvalue weighted by molar-refractivity contribution is 14.1. The average Bonchev–Trinajstić information content (AvgIpc) is 2.33. The molecule has 0 bridgehead atoms. The van der Waals surface area contributed by atoms with Crippen LogP contribution in [0, 0.1) is 3.57 Å². The van der Waals surface area contributed by atoms with Crippen LogP contribution in [0.5, 0.6) is 11.6 Å². The molecule has 0 radical (unpaired) electrons. The van der Waals surface area contributed by atoms with Crippen LogP contribution in [0.2, 0.25) is 0 Å². The van der Waals surface area contributed by atoms with Crippen molar-refractivity contribution in [3.8, 4) is 11.6 Å². The van der Waals surface area contributed by atoms with E-state index < -0.39 is 11.2 Å². The first-order valence-corrected chi connectivity index (χ1v) is 6.27. The second kappa shape index (κ2) is 4.97. The Kier molecular flexibility index (Phi) is 3.55. The normalized spacial score (nSPS) is 10.4. The molecule has 5 nitrogen and oxygen atoms in total. The van der Waals surface area contributed by atoms with Gasteiger partial charge in [0, 0.05) is 17.7 Å². The fraction of sp³-hybridized carbons (Fsp3) is 0.167. The number of rotatable bonds is 2. The molecule has 0 saturated heterocycles. The van der Waals surface area contributed by atoms with Crippen LogP contribution < -0.4 is 16.0 Å². The molecule has 1 heterocycles. The van der Waals surface area contributed by atoms with E-state index in [1.807, 2.05) is 18.2 Å². The Morgan fingerprint density at radius 3 is 2.50 bits per heavy atom. The van der Waals surface area contributed by atoms with Crippen LogP contribution >= 0.6 is 22.6 Å². The molecule has 0 aliphatic carbocycles. The third-order valence-electron chi connectivity index (χ3n) is 2.50. The van der Waals surface area contributed by atoms with Gasteiger partial charge < -0.3 is 4.74 Å². The second-order valence-electron chi connectivity index (χ2n) is 3.78. The van der Waals surface area contributed by atoms with E-state index in [1.54, 1.807) is 13.1 Å². The van der Waals surface area contributed by atoms with Gasteiger partial charge in [-0.1, -0.05) is 6.07 Å². The van der Waals surface area contributed by atoms with E-state index in [4.69, 9.17) is 4.74 Å². The molecule has 1 aromatic carbocycles. The molecule has 0 N–H and O–H groups in total. The van der Waals surface area contributed by atoms with Crippen molar-refractivity contribution in [2.24, 2.45) is 14.1 Å². The lowest BCUT2D eigenvalue weighted by molar-refractivity contribution is 0.423. The summed E-state index contributed by atoms with van der Waals surface area (Å²) in [6.45, 7) is 0. The van der Waals surface area contributed by atoms with E-state index in [2.05, 4.69) is 22.6 Å². The maximum Gasteiger partial charge on any atom is 0.333 e. The summed E-state index contributed by atoms with van der Waals surface area (Å²) in [5, 5.41) is 0. The average molecular weight is 358 g/mol. The van der Waals surface area contributed by atoms with Crippen LogP contribution in [-0.2, 0) is 14.1 Å². The minimum absolute atomic E-state index is 0.227. The summed E-state index contributed by atoms with van der Waals surface area (Å²) in [6.07, 6.45) is 0. The zero-order valence-electron chi connectivity index (χ0n) is 9.88. The predicted octanol–water partition coefficient (Wildman–Crippen LogP) is 1.48. The van der Waals surface area contributed by atoms with Crippen molar-refractivity contribution >= 4 is 22.6 Å². The van der Waals surface area contributed by atoms with Gasteiger partial charge in [-0.15, -0.1) is 0 Å². The molecular formula is C12H11IN2O3. The van der Waals surface area contributed by atoms with Gasteiger partial charge >= 0.3 is 5.69 Å². The highest BCUT2D eigenvalue weighted by atomic mass is 127. The lowest BCUT2D eigenvalue weighted by atomic mass is 10.3. The molecule has 0 amide bonds. The SMILES string of the molecule is Cn1c(Oc2cccc(I)c2)cc(=O)n(C)c1=O. The molecule has 0 aliphatic rings.